The van der Waals surface area contributed by atoms with Gasteiger partial charge in [0.1, 0.15) is 5.75 Å². The molecule has 1 N–H and O–H groups in total. The van der Waals surface area contributed by atoms with Crippen molar-refractivity contribution in [1.29, 1.82) is 0 Å². The van der Waals surface area contributed by atoms with E-state index >= 15 is 0 Å². The highest BCUT2D eigenvalue weighted by Gasteiger charge is 2.21. The summed E-state index contributed by atoms with van der Waals surface area (Å²) in [7, 11) is -1.83. The molecule has 7 aromatic rings. The molecular formula is C48H41NOP2. The largest absolute Gasteiger partial charge is 0.464 e. The number of rotatable bonds is 9. The number of dihydropyridines is 1. The summed E-state index contributed by atoms with van der Waals surface area (Å²) in [6.07, 6.45) is 6.14. The predicted octanol–water partition coefficient (Wildman–Crippen LogP) is 10.0. The normalized spacial score (nSPS) is 12.0. The van der Waals surface area contributed by atoms with Crippen molar-refractivity contribution in [3.8, 4) is 16.9 Å². The van der Waals surface area contributed by atoms with E-state index in [0.717, 1.165) is 12.3 Å². The number of hydrogen-bond acceptors (Lipinski definition) is 2. The number of nitrogens with one attached hydrogen (secondary N) is 1. The van der Waals surface area contributed by atoms with Gasteiger partial charge in [-0.2, -0.15) is 0 Å². The Morgan fingerprint density at radius 2 is 0.962 bits per heavy atom. The molecule has 52 heavy (non-hydrogen) atoms. The molecule has 0 saturated heterocycles. The van der Waals surface area contributed by atoms with Gasteiger partial charge < -0.3 is 9.84 Å². The van der Waals surface area contributed by atoms with Gasteiger partial charge in [0.2, 0.25) is 0 Å². The third kappa shape index (κ3) is 9.03. The van der Waals surface area contributed by atoms with Gasteiger partial charge in [-0.05, 0) is 83.5 Å². The Morgan fingerprint density at radius 1 is 0.462 bits per heavy atom. The lowest BCUT2D eigenvalue weighted by atomic mass is 10.0. The maximum Gasteiger partial charge on any atom is 0.150 e. The average molecular weight is 710 g/mol. The zero-order valence-corrected chi connectivity index (χ0v) is 31.0. The Balaban J connectivity index is 0.000000295. The minimum Gasteiger partial charge on any atom is -0.464 e. The van der Waals surface area contributed by atoms with Gasteiger partial charge in [0.05, 0.1) is 0 Å². The van der Waals surface area contributed by atoms with Gasteiger partial charge in [-0.3, -0.25) is 0 Å². The first-order valence-corrected chi connectivity index (χ1v) is 20.2. The molecule has 1 aliphatic heterocycles. The number of aryl methyl sites for hydroxylation is 1. The molecule has 0 aromatic heterocycles. The van der Waals surface area contributed by atoms with Crippen LogP contribution >= 0.6 is 16.1 Å². The molecule has 254 valence electrons. The molecular weight excluding hydrogens is 668 g/mol. The highest BCUT2D eigenvalue weighted by molar-refractivity contribution is 7.79. The summed E-state index contributed by atoms with van der Waals surface area (Å²) in [5, 5.41) is 9.49. The summed E-state index contributed by atoms with van der Waals surface area (Å²) >= 11 is 0. The van der Waals surface area contributed by atoms with Crippen molar-refractivity contribution in [3.05, 3.63) is 224 Å². The molecule has 0 spiro atoms. The van der Waals surface area contributed by atoms with Crippen LogP contribution in [0.15, 0.2) is 212 Å². The molecule has 0 saturated carbocycles. The number of hydrogen-bond donors (Lipinski definition) is 1. The maximum absolute atomic E-state index is 7.01. The minimum absolute atomic E-state index is 0.781. The standard InChI is InChI=1S/C37H30OP2.C11H11N/c1-29-22-24-30(25-23-29)31-26-32(38-40(35-18-10-4-11-19-35)36-20-12-5-13-21-36)28-37(27-31)39(33-14-6-2-7-15-33)34-16-8-3-9-17-34;1-2-5-10(6-3-1)11-7-4-8-12-9-11/h2-28H,1H3;1-8,12H,9H2. The van der Waals surface area contributed by atoms with Gasteiger partial charge in [0, 0.05) is 17.2 Å². The molecule has 0 fully saturated rings. The molecule has 1 heterocycles. The van der Waals surface area contributed by atoms with Gasteiger partial charge >= 0.3 is 0 Å². The SMILES string of the molecule is C1=CNCC(c2ccccc2)=C1.Cc1ccc(-c2cc(OP(c3ccccc3)c3ccccc3)cc(P(c3ccccc3)c3ccccc3)c2)cc1. The first-order valence-electron chi connectivity index (χ1n) is 17.6. The second-order valence-electron chi connectivity index (χ2n) is 12.4. The van der Waals surface area contributed by atoms with Crippen molar-refractivity contribution in [2.75, 3.05) is 6.54 Å². The van der Waals surface area contributed by atoms with Gasteiger partial charge in [-0.25, -0.2) is 0 Å². The fourth-order valence-corrected chi connectivity index (χ4v) is 10.1. The Morgan fingerprint density at radius 3 is 1.46 bits per heavy atom. The second-order valence-corrected chi connectivity index (χ2v) is 16.5. The first kappa shape index (κ1) is 34.9. The van der Waals surface area contributed by atoms with Crippen LogP contribution in [0.1, 0.15) is 11.1 Å². The molecule has 0 unspecified atom stereocenters. The van der Waals surface area contributed by atoms with Crippen molar-refractivity contribution in [2.45, 2.75) is 6.92 Å². The fourth-order valence-electron chi connectivity index (χ4n) is 6.08. The smallest absolute Gasteiger partial charge is 0.150 e. The van der Waals surface area contributed by atoms with Gasteiger partial charge in [0.15, 0.2) is 8.15 Å². The highest BCUT2D eigenvalue weighted by Crippen LogP contribution is 2.41. The van der Waals surface area contributed by atoms with E-state index < -0.39 is 16.1 Å². The van der Waals surface area contributed by atoms with E-state index in [1.165, 1.54) is 54.3 Å². The van der Waals surface area contributed by atoms with Gasteiger partial charge in [0.25, 0.3) is 0 Å². The number of allylic oxidation sites excluding steroid dienone is 2. The zero-order valence-electron chi connectivity index (χ0n) is 29.2. The van der Waals surface area contributed by atoms with E-state index in [4.69, 9.17) is 4.52 Å². The zero-order chi connectivity index (χ0) is 35.4. The monoisotopic (exact) mass is 709 g/mol. The Bertz CT molecular complexity index is 2130. The van der Waals surface area contributed by atoms with Crippen molar-refractivity contribution < 1.29 is 4.52 Å². The first-order chi connectivity index (χ1) is 25.7. The molecule has 0 bridgehead atoms. The fraction of sp³-hybridized carbons (Fsp3) is 0.0417. The lowest BCUT2D eigenvalue weighted by Crippen LogP contribution is -2.21. The van der Waals surface area contributed by atoms with Crippen LogP contribution in [0.4, 0.5) is 0 Å². The summed E-state index contributed by atoms with van der Waals surface area (Å²) in [6, 6.07) is 68.9. The second kappa shape index (κ2) is 17.6. The van der Waals surface area contributed by atoms with E-state index in [1.807, 2.05) is 18.3 Å². The molecule has 2 nitrogen and oxygen atoms in total. The van der Waals surface area contributed by atoms with Crippen LogP contribution in [0, 0.1) is 6.92 Å². The van der Waals surface area contributed by atoms with Crippen LogP contribution in [-0.4, -0.2) is 6.54 Å². The van der Waals surface area contributed by atoms with E-state index in [0.29, 0.717) is 0 Å². The van der Waals surface area contributed by atoms with Crippen LogP contribution in [0.3, 0.4) is 0 Å². The topological polar surface area (TPSA) is 21.3 Å². The van der Waals surface area contributed by atoms with E-state index in [-0.39, 0.29) is 0 Å². The van der Waals surface area contributed by atoms with E-state index in [1.54, 1.807) is 0 Å². The molecule has 8 rings (SSSR count). The summed E-state index contributed by atoms with van der Waals surface area (Å²) in [4.78, 5) is 0. The average Bonchev–Trinajstić information content (AvgIpc) is 3.23. The van der Waals surface area contributed by atoms with Crippen molar-refractivity contribution in [1.82, 2.24) is 5.32 Å². The summed E-state index contributed by atoms with van der Waals surface area (Å²) in [5.41, 5.74) is 6.26. The van der Waals surface area contributed by atoms with E-state index in [2.05, 4.69) is 206 Å². The quantitative estimate of drug-likeness (QED) is 0.151. The maximum atomic E-state index is 7.01. The Hall–Kier alpha value is -5.52. The third-order valence-electron chi connectivity index (χ3n) is 8.69. The van der Waals surface area contributed by atoms with Crippen LogP contribution in [-0.2, 0) is 0 Å². The molecule has 1 aliphatic rings. The molecule has 0 aliphatic carbocycles. The Kier molecular flexibility index (Phi) is 11.8. The van der Waals surface area contributed by atoms with Gasteiger partial charge in [-0.1, -0.05) is 188 Å². The molecule has 0 atom stereocenters. The van der Waals surface area contributed by atoms with Crippen LogP contribution in [0.2, 0.25) is 0 Å². The highest BCUT2D eigenvalue weighted by atomic mass is 31.1. The van der Waals surface area contributed by atoms with E-state index in [9.17, 15) is 0 Å². The van der Waals surface area contributed by atoms with Crippen molar-refractivity contribution >= 4 is 48.2 Å². The van der Waals surface area contributed by atoms with Crippen LogP contribution in [0.5, 0.6) is 5.75 Å². The summed E-state index contributed by atoms with van der Waals surface area (Å²) < 4.78 is 7.01. The minimum atomic E-state index is -1.05. The third-order valence-corrected chi connectivity index (χ3v) is 13.0. The van der Waals surface area contributed by atoms with Gasteiger partial charge in [-0.15, -0.1) is 0 Å². The Labute approximate surface area is 310 Å². The molecule has 0 amide bonds. The molecule has 4 heteroatoms. The van der Waals surface area contributed by atoms with Crippen molar-refractivity contribution in [3.63, 3.8) is 0 Å². The predicted molar refractivity (Wildman–Crippen MR) is 227 cm³/mol. The van der Waals surface area contributed by atoms with Crippen molar-refractivity contribution in [2.24, 2.45) is 0 Å². The lowest BCUT2D eigenvalue weighted by molar-refractivity contribution is 0.631. The molecule has 0 radical (unpaired) electrons. The number of benzene rings is 7. The summed E-state index contributed by atoms with van der Waals surface area (Å²) in [6.45, 7) is 3.06. The van der Waals surface area contributed by atoms with Crippen LogP contribution < -0.4 is 36.4 Å². The summed E-state index contributed by atoms with van der Waals surface area (Å²) in [5.74, 6) is 0.895. The molecule has 7 aromatic carbocycles. The van der Waals surface area contributed by atoms with Crippen LogP contribution in [0.25, 0.3) is 16.7 Å². The lowest BCUT2D eigenvalue weighted by Gasteiger charge is -2.24.